The number of amides is 1. The van der Waals surface area contributed by atoms with Crippen molar-refractivity contribution >= 4 is 5.91 Å². The third kappa shape index (κ3) is 4.24. The molecule has 0 atom stereocenters. The SMILES string of the molecule is CCN(C)C(=O)COc1ccccc1CNC1CC1. The Labute approximate surface area is 114 Å². The molecule has 4 nitrogen and oxygen atoms in total. The first kappa shape index (κ1) is 13.9. The van der Waals surface area contributed by atoms with Crippen molar-refractivity contribution in [2.75, 3.05) is 20.2 Å². The van der Waals surface area contributed by atoms with Crippen LogP contribution in [0.15, 0.2) is 24.3 Å². The Bertz CT molecular complexity index is 430. The van der Waals surface area contributed by atoms with E-state index in [1.807, 2.05) is 31.2 Å². The summed E-state index contributed by atoms with van der Waals surface area (Å²) in [5, 5.41) is 3.46. The van der Waals surface area contributed by atoms with Gasteiger partial charge in [-0.25, -0.2) is 0 Å². The second kappa shape index (κ2) is 6.57. The maximum Gasteiger partial charge on any atom is 0.260 e. The highest BCUT2D eigenvalue weighted by Gasteiger charge is 2.20. The van der Waals surface area contributed by atoms with Gasteiger partial charge in [0, 0.05) is 31.7 Å². The number of carbonyl (C=O) groups is 1. The normalized spacial score (nSPS) is 14.2. The number of carbonyl (C=O) groups excluding carboxylic acids is 1. The van der Waals surface area contributed by atoms with Gasteiger partial charge in [-0.15, -0.1) is 0 Å². The fourth-order valence-corrected chi connectivity index (χ4v) is 1.76. The van der Waals surface area contributed by atoms with E-state index >= 15 is 0 Å². The van der Waals surface area contributed by atoms with Crippen LogP contribution in [-0.4, -0.2) is 37.0 Å². The summed E-state index contributed by atoms with van der Waals surface area (Å²) in [5.41, 5.74) is 1.11. The summed E-state index contributed by atoms with van der Waals surface area (Å²) in [4.78, 5) is 13.4. The quantitative estimate of drug-likeness (QED) is 0.814. The lowest BCUT2D eigenvalue weighted by Gasteiger charge is -2.16. The molecule has 1 saturated carbocycles. The number of nitrogens with one attached hydrogen (secondary N) is 1. The van der Waals surface area contributed by atoms with Crippen LogP contribution in [0, 0.1) is 0 Å². The van der Waals surface area contributed by atoms with E-state index in [2.05, 4.69) is 5.32 Å². The number of rotatable bonds is 7. The molecule has 4 heteroatoms. The van der Waals surface area contributed by atoms with E-state index in [0.717, 1.165) is 17.9 Å². The van der Waals surface area contributed by atoms with E-state index in [9.17, 15) is 4.79 Å². The van der Waals surface area contributed by atoms with E-state index < -0.39 is 0 Å². The van der Waals surface area contributed by atoms with Crippen molar-refractivity contribution in [2.24, 2.45) is 0 Å². The Morgan fingerprint density at radius 2 is 2.16 bits per heavy atom. The minimum Gasteiger partial charge on any atom is -0.483 e. The summed E-state index contributed by atoms with van der Waals surface area (Å²) in [7, 11) is 1.78. The molecule has 19 heavy (non-hydrogen) atoms. The first-order valence-electron chi connectivity index (χ1n) is 6.88. The van der Waals surface area contributed by atoms with Crippen LogP contribution in [0.1, 0.15) is 25.3 Å². The highest BCUT2D eigenvalue weighted by atomic mass is 16.5. The highest BCUT2D eigenvalue weighted by molar-refractivity contribution is 5.77. The second-order valence-electron chi connectivity index (χ2n) is 4.96. The molecule has 1 aromatic rings. The third-order valence-electron chi connectivity index (χ3n) is 3.38. The number of hydrogen-bond donors (Lipinski definition) is 1. The van der Waals surface area contributed by atoms with Crippen LogP contribution < -0.4 is 10.1 Å². The lowest BCUT2D eigenvalue weighted by Crippen LogP contribution is -2.31. The molecular formula is C15H22N2O2. The van der Waals surface area contributed by atoms with Crippen LogP contribution in [0.25, 0.3) is 0 Å². The maximum absolute atomic E-state index is 11.7. The van der Waals surface area contributed by atoms with Gasteiger partial charge in [0.1, 0.15) is 5.75 Å². The van der Waals surface area contributed by atoms with Crippen LogP contribution in [0.3, 0.4) is 0 Å². The molecule has 0 saturated heterocycles. The smallest absolute Gasteiger partial charge is 0.260 e. The number of hydrogen-bond acceptors (Lipinski definition) is 3. The minimum atomic E-state index is 0.00690. The van der Waals surface area contributed by atoms with E-state index in [1.165, 1.54) is 12.8 Å². The van der Waals surface area contributed by atoms with Crippen molar-refractivity contribution in [3.63, 3.8) is 0 Å². The monoisotopic (exact) mass is 262 g/mol. The zero-order valence-corrected chi connectivity index (χ0v) is 11.7. The van der Waals surface area contributed by atoms with Crippen LogP contribution in [0.2, 0.25) is 0 Å². The Kier molecular flexibility index (Phi) is 4.80. The summed E-state index contributed by atoms with van der Waals surface area (Å²) < 4.78 is 5.64. The van der Waals surface area contributed by atoms with E-state index in [-0.39, 0.29) is 12.5 Å². The molecular weight excluding hydrogens is 240 g/mol. The standard InChI is InChI=1S/C15H22N2O2/c1-3-17(2)15(18)11-19-14-7-5-4-6-12(14)10-16-13-8-9-13/h4-7,13,16H,3,8-11H2,1-2H3. The molecule has 1 aliphatic rings. The highest BCUT2D eigenvalue weighted by Crippen LogP contribution is 2.22. The van der Waals surface area contributed by atoms with Crippen molar-refractivity contribution in [1.29, 1.82) is 0 Å². The molecule has 1 amide bonds. The number of likely N-dealkylation sites (N-methyl/N-ethyl adjacent to an activating group) is 1. The van der Waals surface area contributed by atoms with Gasteiger partial charge in [-0.3, -0.25) is 4.79 Å². The Morgan fingerprint density at radius 1 is 1.42 bits per heavy atom. The summed E-state index contributed by atoms with van der Waals surface area (Å²) >= 11 is 0. The van der Waals surface area contributed by atoms with Gasteiger partial charge in [-0.1, -0.05) is 18.2 Å². The van der Waals surface area contributed by atoms with Gasteiger partial charge in [-0.05, 0) is 25.8 Å². The molecule has 1 N–H and O–H groups in total. The number of nitrogens with zero attached hydrogens (tertiary/aromatic N) is 1. The van der Waals surface area contributed by atoms with E-state index in [1.54, 1.807) is 11.9 Å². The molecule has 1 fully saturated rings. The van der Waals surface area contributed by atoms with Gasteiger partial charge in [0.15, 0.2) is 6.61 Å². The Hall–Kier alpha value is -1.55. The summed E-state index contributed by atoms with van der Waals surface area (Å²) in [6, 6.07) is 8.56. The molecule has 0 unspecified atom stereocenters. The first-order valence-corrected chi connectivity index (χ1v) is 6.88. The zero-order valence-electron chi connectivity index (χ0n) is 11.7. The van der Waals surface area contributed by atoms with Crippen molar-refractivity contribution in [1.82, 2.24) is 10.2 Å². The van der Waals surface area contributed by atoms with Gasteiger partial charge < -0.3 is 15.0 Å². The molecule has 0 bridgehead atoms. The number of benzene rings is 1. The average Bonchev–Trinajstić information content (AvgIpc) is 3.26. The van der Waals surface area contributed by atoms with Gasteiger partial charge in [-0.2, -0.15) is 0 Å². The summed E-state index contributed by atoms with van der Waals surface area (Å²) in [5.74, 6) is 0.806. The predicted octanol–water partition coefficient (Wildman–Crippen LogP) is 1.80. The van der Waals surface area contributed by atoms with E-state index in [0.29, 0.717) is 12.6 Å². The molecule has 0 aliphatic heterocycles. The van der Waals surface area contributed by atoms with Crippen molar-refractivity contribution in [2.45, 2.75) is 32.4 Å². The molecule has 1 aromatic carbocycles. The van der Waals surface area contributed by atoms with Crippen LogP contribution in [0.4, 0.5) is 0 Å². The Morgan fingerprint density at radius 3 is 2.84 bits per heavy atom. The second-order valence-corrected chi connectivity index (χ2v) is 4.96. The fourth-order valence-electron chi connectivity index (χ4n) is 1.76. The average molecular weight is 262 g/mol. The largest absolute Gasteiger partial charge is 0.483 e. The molecule has 0 aromatic heterocycles. The zero-order chi connectivity index (χ0) is 13.7. The molecule has 104 valence electrons. The summed E-state index contributed by atoms with van der Waals surface area (Å²) in [6.45, 7) is 3.56. The van der Waals surface area contributed by atoms with Gasteiger partial charge in [0.05, 0.1) is 0 Å². The number of para-hydroxylation sites is 1. The molecule has 2 rings (SSSR count). The molecule has 0 heterocycles. The third-order valence-corrected chi connectivity index (χ3v) is 3.38. The molecule has 0 spiro atoms. The van der Waals surface area contributed by atoms with Crippen molar-refractivity contribution in [3.05, 3.63) is 29.8 Å². The van der Waals surface area contributed by atoms with Gasteiger partial charge >= 0.3 is 0 Å². The van der Waals surface area contributed by atoms with Crippen molar-refractivity contribution in [3.8, 4) is 5.75 Å². The maximum atomic E-state index is 11.7. The van der Waals surface area contributed by atoms with Crippen LogP contribution >= 0.6 is 0 Å². The van der Waals surface area contributed by atoms with Gasteiger partial charge in [0.25, 0.3) is 5.91 Å². The summed E-state index contributed by atoms with van der Waals surface area (Å²) in [6.07, 6.45) is 2.53. The van der Waals surface area contributed by atoms with Crippen LogP contribution in [-0.2, 0) is 11.3 Å². The van der Waals surface area contributed by atoms with Gasteiger partial charge in [0.2, 0.25) is 0 Å². The van der Waals surface area contributed by atoms with Crippen molar-refractivity contribution < 1.29 is 9.53 Å². The lowest BCUT2D eigenvalue weighted by atomic mass is 10.2. The topological polar surface area (TPSA) is 41.6 Å². The lowest BCUT2D eigenvalue weighted by molar-refractivity contribution is -0.131. The number of ether oxygens (including phenoxy) is 1. The molecule has 1 aliphatic carbocycles. The fraction of sp³-hybridized carbons (Fsp3) is 0.533. The first-order chi connectivity index (χ1) is 9.20. The van der Waals surface area contributed by atoms with Crippen LogP contribution in [0.5, 0.6) is 5.75 Å². The predicted molar refractivity (Wildman–Crippen MR) is 75.1 cm³/mol. The van der Waals surface area contributed by atoms with E-state index in [4.69, 9.17) is 4.74 Å². The minimum absolute atomic E-state index is 0.00690. The molecule has 0 radical (unpaired) electrons. The Balaban J connectivity index is 1.89.